The maximum Gasteiger partial charge on any atom is 0.0199 e. The summed E-state index contributed by atoms with van der Waals surface area (Å²) in [6.45, 7) is 9.73. The zero-order valence-corrected chi connectivity index (χ0v) is 8.64. The second kappa shape index (κ2) is 3.97. The van der Waals surface area contributed by atoms with E-state index in [2.05, 4.69) is 32.4 Å². The molecule has 0 spiro atoms. The molecule has 0 heterocycles. The van der Waals surface area contributed by atoms with Gasteiger partial charge in [-0.2, -0.15) is 0 Å². The average molecular weight is 167 g/mol. The van der Waals surface area contributed by atoms with E-state index < -0.39 is 0 Å². The van der Waals surface area contributed by atoms with E-state index in [1.807, 2.05) is 0 Å². The molecule has 0 N–H and O–H groups in total. The topological polar surface area (TPSA) is 3.24 Å². The summed E-state index contributed by atoms with van der Waals surface area (Å²) >= 11 is 0. The van der Waals surface area contributed by atoms with E-state index in [-0.39, 0.29) is 0 Å². The van der Waals surface area contributed by atoms with Crippen LogP contribution in [0.25, 0.3) is 0 Å². The van der Waals surface area contributed by atoms with Gasteiger partial charge in [0.25, 0.3) is 0 Å². The monoisotopic (exact) mass is 167 g/mol. The van der Waals surface area contributed by atoms with Crippen LogP contribution in [0.5, 0.6) is 0 Å². The molecular weight excluding hydrogens is 146 g/mol. The molecule has 0 saturated heterocycles. The quantitative estimate of drug-likeness (QED) is 0.622. The minimum Gasteiger partial charge on any atom is -0.378 e. The summed E-state index contributed by atoms with van der Waals surface area (Å²) in [6, 6.07) is 0. The lowest BCUT2D eigenvalue weighted by Crippen LogP contribution is -2.30. The highest BCUT2D eigenvalue weighted by molar-refractivity contribution is 4.96. The fourth-order valence-corrected chi connectivity index (χ4v) is 1.62. The van der Waals surface area contributed by atoms with Crippen molar-refractivity contribution in [2.45, 2.75) is 33.1 Å². The standard InChI is InChI=1S/C11H21N/c1-9(2)10(3)12(4)8-11-6-5-7-11/h9,11H,3,5-8H2,1-2,4H3. The first-order valence-electron chi connectivity index (χ1n) is 5.01. The Balaban J connectivity index is 2.26. The van der Waals surface area contributed by atoms with Crippen LogP contribution in [0.3, 0.4) is 0 Å². The number of hydrogen-bond donors (Lipinski definition) is 0. The van der Waals surface area contributed by atoms with Gasteiger partial charge in [-0.15, -0.1) is 0 Å². The van der Waals surface area contributed by atoms with Gasteiger partial charge in [-0.25, -0.2) is 0 Å². The number of hydrogen-bond acceptors (Lipinski definition) is 1. The van der Waals surface area contributed by atoms with Crippen LogP contribution in [0.15, 0.2) is 12.3 Å². The Bertz CT molecular complexity index is 156. The van der Waals surface area contributed by atoms with Gasteiger partial charge in [-0.05, 0) is 24.7 Å². The van der Waals surface area contributed by atoms with Gasteiger partial charge in [0.2, 0.25) is 0 Å². The third-order valence-corrected chi connectivity index (χ3v) is 2.91. The van der Waals surface area contributed by atoms with E-state index in [1.165, 1.54) is 31.5 Å². The molecule has 1 heteroatoms. The first kappa shape index (κ1) is 9.63. The second-order valence-corrected chi connectivity index (χ2v) is 4.32. The predicted molar refractivity (Wildman–Crippen MR) is 53.9 cm³/mol. The van der Waals surface area contributed by atoms with E-state index >= 15 is 0 Å². The fraction of sp³-hybridized carbons (Fsp3) is 0.818. The van der Waals surface area contributed by atoms with Crippen LogP contribution in [0.2, 0.25) is 0 Å². The molecule has 70 valence electrons. The van der Waals surface area contributed by atoms with Crippen LogP contribution >= 0.6 is 0 Å². The van der Waals surface area contributed by atoms with Gasteiger partial charge < -0.3 is 4.90 Å². The van der Waals surface area contributed by atoms with Crippen molar-refractivity contribution in [1.29, 1.82) is 0 Å². The van der Waals surface area contributed by atoms with Crippen LogP contribution in [-0.4, -0.2) is 18.5 Å². The fourth-order valence-electron chi connectivity index (χ4n) is 1.62. The molecule has 1 rings (SSSR count). The van der Waals surface area contributed by atoms with Crippen LogP contribution in [-0.2, 0) is 0 Å². The zero-order chi connectivity index (χ0) is 9.14. The molecular formula is C11H21N. The van der Waals surface area contributed by atoms with E-state index in [4.69, 9.17) is 0 Å². The molecule has 0 aromatic carbocycles. The molecule has 0 aliphatic heterocycles. The summed E-state index contributed by atoms with van der Waals surface area (Å²) in [5, 5.41) is 0. The van der Waals surface area contributed by atoms with Crippen LogP contribution in [0, 0.1) is 11.8 Å². The highest BCUT2D eigenvalue weighted by Crippen LogP contribution is 2.28. The molecule has 0 bridgehead atoms. The Kier molecular flexibility index (Phi) is 3.19. The third kappa shape index (κ3) is 2.26. The molecule has 1 aliphatic carbocycles. The van der Waals surface area contributed by atoms with Gasteiger partial charge in [-0.3, -0.25) is 0 Å². The molecule has 0 aromatic rings. The van der Waals surface area contributed by atoms with E-state index in [0.717, 1.165) is 5.92 Å². The molecule has 1 fully saturated rings. The van der Waals surface area contributed by atoms with Gasteiger partial charge in [0.15, 0.2) is 0 Å². The molecule has 1 aliphatic rings. The number of rotatable bonds is 4. The summed E-state index contributed by atoms with van der Waals surface area (Å²) in [4.78, 5) is 2.33. The van der Waals surface area contributed by atoms with Gasteiger partial charge in [0, 0.05) is 19.3 Å². The Hall–Kier alpha value is -0.460. The molecule has 0 atom stereocenters. The maximum absolute atomic E-state index is 4.09. The van der Waals surface area contributed by atoms with Crippen molar-refractivity contribution in [3.8, 4) is 0 Å². The van der Waals surface area contributed by atoms with Crippen molar-refractivity contribution in [1.82, 2.24) is 4.90 Å². The largest absolute Gasteiger partial charge is 0.378 e. The van der Waals surface area contributed by atoms with E-state index in [9.17, 15) is 0 Å². The lowest BCUT2D eigenvalue weighted by Gasteiger charge is -2.33. The molecule has 0 amide bonds. The van der Waals surface area contributed by atoms with Crippen molar-refractivity contribution in [3.63, 3.8) is 0 Å². The molecule has 0 unspecified atom stereocenters. The zero-order valence-electron chi connectivity index (χ0n) is 8.64. The summed E-state index contributed by atoms with van der Waals surface area (Å²) < 4.78 is 0. The number of nitrogens with zero attached hydrogens (tertiary/aromatic N) is 1. The normalized spacial score (nSPS) is 17.7. The van der Waals surface area contributed by atoms with Crippen molar-refractivity contribution < 1.29 is 0 Å². The average Bonchev–Trinajstić information content (AvgIpc) is 1.94. The third-order valence-electron chi connectivity index (χ3n) is 2.91. The molecule has 1 saturated carbocycles. The highest BCUT2D eigenvalue weighted by Gasteiger charge is 2.19. The summed E-state index contributed by atoms with van der Waals surface area (Å²) in [5.41, 5.74) is 1.28. The smallest absolute Gasteiger partial charge is 0.0199 e. The Morgan fingerprint density at radius 2 is 2.08 bits per heavy atom. The first-order chi connectivity index (χ1) is 5.61. The van der Waals surface area contributed by atoms with Gasteiger partial charge in [-0.1, -0.05) is 26.8 Å². The summed E-state index contributed by atoms with van der Waals surface area (Å²) in [6.07, 6.45) is 4.29. The van der Waals surface area contributed by atoms with Gasteiger partial charge in [0.05, 0.1) is 0 Å². The van der Waals surface area contributed by atoms with Crippen LogP contribution < -0.4 is 0 Å². The molecule has 1 nitrogen and oxygen atoms in total. The summed E-state index contributed by atoms with van der Waals surface area (Å²) in [5.74, 6) is 1.54. The first-order valence-corrected chi connectivity index (χ1v) is 5.01. The Morgan fingerprint density at radius 3 is 2.42 bits per heavy atom. The predicted octanol–water partition coefficient (Wildman–Crippen LogP) is 2.89. The number of allylic oxidation sites excluding steroid dienone is 1. The maximum atomic E-state index is 4.09. The highest BCUT2D eigenvalue weighted by atomic mass is 15.1. The second-order valence-electron chi connectivity index (χ2n) is 4.32. The minimum atomic E-state index is 0.593. The Morgan fingerprint density at radius 1 is 1.50 bits per heavy atom. The van der Waals surface area contributed by atoms with Crippen molar-refractivity contribution in [2.24, 2.45) is 11.8 Å². The van der Waals surface area contributed by atoms with Crippen LogP contribution in [0.4, 0.5) is 0 Å². The van der Waals surface area contributed by atoms with E-state index in [0.29, 0.717) is 5.92 Å². The Labute approximate surface area is 76.5 Å². The van der Waals surface area contributed by atoms with Crippen LogP contribution in [0.1, 0.15) is 33.1 Å². The van der Waals surface area contributed by atoms with Crippen molar-refractivity contribution in [3.05, 3.63) is 12.3 Å². The minimum absolute atomic E-state index is 0.593. The van der Waals surface area contributed by atoms with Crippen molar-refractivity contribution in [2.75, 3.05) is 13.6 Å². The SMILES string of the molecule is C=C(C(C)C)N(C)CC1CCC1. The van der Waals surface area contributed by atoms with Gasteiger partial charge in [0.1, 0.15) is 0 Å². The molecule has 0 radical (unpaired) electrons. The molecule has 12 heavy (non-hydrogen) atoms. The van der Waals surface area contributed by atoms with Gasteiger partial charge >= 0.3 is 0 Å². The molecule has 0 aromatic heterocycles. The van der Waals surface area contributed by atoms with E-state index in [1.54, 1.807) is 0 Å². The lowest BCUT2D eigenvalue weighted by molar-refractivity contribution is 0.225. The van der Waals surface area contributed by atoms with Crippen molar-refractivity contribution >= 4 is 0 Å². The lowest BCUT2D eigenvalue weighted by atomic mass is 9.85. The summed E-state index contributed by atoms with van der Waals surface area (Å²) in [7, 11) is 2.17.